The van der Waals surface area contributed by atoms with Gasteiger partial charge in [-0.05, 0) is 29.8 Å². The number of amides is 1. The maximum absolute atomic E-state index is 11.7. The molecule has 0 bridgehead atoms. The van der Waals surface area contributed by atoms with Crippen LogP contribution in [0, 0.1) is 6.92 Å². The molecule has 2 aromatic rings. The van der Waals surface area contributed by atoms with Crippen LogP contribution in [0.3, 0.4) is 0 Å². The molecule has 1 aromatic carbocycles. The summed E-state index contributed by atoms with van der Waals surface area (Å²) in [6.07, 6.45) is 0. The molecule has 0 atom stereocenters. The number of benzene rings is 1. The van der Waals surface area contributed by atoms with Gasteiger partial charge in [0.2, 0.25) is 0 Å². The molecule has 0 unspecified atom stereocenters. The molecule has 0 fully saturated rings. The van der Waals surface area contributed by atoms with Crippen LogP contribution in [0.15, 0.2) is 18.2 Å². The zero-order valence-electron chi connectivity index (χ0n) is 9.34. The summed E-state index contributed by atoms with van der Waals surface area (Å²) in [5.74, 6) is -1.74. The lowest BCUT2D eigenvalue weighted by molar-refractivity contribution is 0.0696. The normalized spacial score (nSPS) is 10.1. The fraction of sp³-hybridized carbons (Fsp3) is 0.100. The van der Waals surface area contributed by atoms with E-state index in [0.29, 0.717) is 5.69 Å². The number of hydrogen-bond acceptors (Lipinski definition) is 5. The Morgan fingerprint density at radius 2 is 2.17 bits per heavy atom. The number of carboxylic acids is 1. The number of aromatic amines is 1. The number of rotatable bonds is 3. The minimum absolute atomic E-state index is 0.0870. The molecule has 1 heterocycles. The first-order chi connectivity index (χ1) is 8.58. The highest BCUT2D eigenvalue weighted by Crippen LogP contribution is 2.17. The summed E-state index contributed by atoms with van der Waals surface area (Å²) >= 11 is 0. The molecule has 0 aliphatic rings. The summed E-state index contributed by atoms with van der Waals surface area (Å²) in [5.41, 5.74) is 1.21. The Balaban J connectivity index is 2.26. The van der Waals surface area contributed by atoms with Crippen LogP contribution in [0.25, 0.3) is 0 Å². The third kappa shape index (κ3) is 2.32. The number of aromatic nitrogens is 4. The maximum Gasteiger partial charge on any atom is 0.335 e. The Morgan fingerprint density at radius 3 is 2.78 bits per heavy atom. The van der Waals surface area contributed by atoms with E-state index in [-0.39, 0.29) is 11.4 Å². The average molecular weight is 247 g/mol. The lowest BCUT2D eigenvalue weighted by atomic mass is 10.1. The van der Waals surface area contributed by atoms with Crippen LogP contribution in [-0.2, 0) is 0 Å². The summed E-state index contributed by atoms with van der Waals surface area (Å²) in [5, 5.41) is 23.9. The maximum atomic E-state index is 11.7. The van der Waals surface area contributed by atoms with Crippen molar-refractivity contribution in [1.82, 2.24) is 20.6 Å². The Hall–Kier alpha value is -2.77. The first-order valence-electron chi connectivity index (χ1n) is 4.96. The highest BCUT2D eigenvalue weighted by molar-refractivity contribution is 6.02. The van der Waals surface area contributed by atoms with Crippen molar-refractivity contribution in [3.63, 3.8) is 0 Å². The van der Waals surface area contributed by atoms with Crippen LogP contribution >= 0.6 is 0 Å². The van der Waals surface area contributed by atoms with Gasteiger partial charge in [-0.25, -0.2) is 4.79 Å². The topological polar surface area (TPSA) is 121 Å². The van der Waals surface area contributed by atoms with Gasteiger partial charge >= 0.3 is 5.97 Å². The van der Waals surface area contributed by atoms with E-state index in [1.165, 1.54) is 12.1 Å². The molecular formula is C10H9N5O3. The van der Waals surface area contributed by atoms with Gasteiger partial charge in [0.15, 0.2) is 0 Å². The molecule has 8 heteroatoms. The summed E-state index contributed by atoms with van der Waals surface area (Å²) in [6.45, 7) is 1.75. The Bertz CT molecular complexity index is 594. The van der Waals surface area contributed by atoms with Crippen molar-refractivity contribution in [2.75, 3.05) is 5.32 Å². The zero-order chi connectivity index (χ0) is 13.1. The number of aryl methyl sites for hydroxylation is 1. The number of hydrogen-bond donors (Lipinski definition) is 3. The molecule has 0 saturated heterocycles. The molecule has 2 rings (SSSR count). The average Bonchev–Trinajstić information content (AvgIpc) is 2.85. The predicted molar refractivity (Wildman–Crippen MR) is 60.3 cm³/mol. The molecule has 92 valence electrons. The van der Waals surface area contributed by atoms with E-state index in [0.717, 1.165) is 5.56 Å². The van der Waals surface area contributed by atoms with Gasteiger partial charge in [-0.3, -0.25) is 4.79 Å². The monoisotopic (exact) mass is 247 g/mol. The van der Waals surface area contributed by atoms with Crippen LogP contribution in [0.5, 0.6) is 0 Å². The lowest BCUT2D eigenvalue weighted by Gasteiger charge is -2.07. The summed E-state index contributed by atoms with van der Waals surface area (Å²) in [7, 11) is 0. The van der Waals surface area contributed by atoms with E-state index in [4.69, 9.17) is 5.11 Å². The Morgan fingerprint density at radius 1 is 1.39 bits per heavy atom. The van der Waals surface area contributed by atoms with Crippen LogP contribution < -0.4 is 5.32 Å². The van der Waals surface area contributed by atoms with E-state index in [9.17, 15) is 9.59 Å². The summed E-state index contributed by atoms with van der Waals surface area (Å²) in [4.78, 5) is 22.5. The fourth-order valence-corrected chi connectivity index (χ4v) is 1.33. The molecule has 8 nitrogen and oxygen atoms in total. The van der Waals surface area contributed by atoms with Gasteiger partial charge in [0.1, 0.15) is 0 Å². The number of tetrazole rings is 1. The van der Waals surface area contributed by atoms with Crippen molar-refractivity contribution < 1.29 is 14.7 Å². The molecule has 18 heavy (non-hydrogen) atoms. The third-order valence-corrected chi connectivity index (χ3v) is 2.28. The SMILES string of the molecule is Cc1ccc(C(=O)O)cc1NC(=O)c1nn[nH]n1. The first-order valence-corrected chi connectivity index (χ1v) is 4.96. The second-order valence-corrected chi connectivity index (χ2v) is 3.52. The van der Waals surface area contributed by atoms with E-state index in [1.807, 2.05) is 0 Å². The van der Waals surface area contributed by atoms with Crippen molar-refractivity contribution >= 4 is 17.6 Å². The van der Waals surface area contributed by atoms with Crippen LogP contribution in [-0.4, -0.2) is 37.6 Å². The lowest BCUT2D eigenvalue weighted by Crippen LogP contribution is -2.15. The van der Waals surface area contributed by atoms with E-state index < -0.39 is 11.9 Å². The Kier molecular flexibility index (Phi) is 3.00. The van der Waals surface area contributed by atoms with Gasteiger partial charge in [0.25, 0.3) is 11.7 Å². The second-order valence-electron chi connectivity index (χ2n) is 3.52. The molecule has 0 aliphatic carbocycles. The van der Waals surface area contributed by atoms with Gasteiger partial charge in [0.05, 0.1) is 5.56 Å². The van der Waals surface area contributed by atoms with Gasteiger partial charge in [-0.15, -0.1) is 10.2 Å². The number of carboxylic acid groups (broad SMARTS) is 1. The molecule has 1 amide bonds. The van der Waals surface area contributed by atoms with Crippen molar-refractivity contribution in [2.45, 2.75) is 6.92 Å². The zero-order valence-corrected chi connectivity index (χ0v) is 9.34. The van der Waals surface area contributed by atoms with Crippen LogP contribution in [0.2, 0.25) is 0 Å². The second kappa shape index (κ2) is 4.62. The first kappa shape index (κ1) is 11.7. The highest BCUT2D eigenvalue weighted by atomic mass is 16.4. The van der Waals surface area contributed by atoms with Crippen molar-refractivity contribution in [3.8, 4) is 0 Å². The fourth-order valence-electron chi connectivity index (χ4n) is 1.33. The highest BCUT2D eigenvalue weighted by Gasteiger charge is 2.13. The molecule has 0 radical (unpaired) electrons. The number of carbonyl (C=O) groups is 2. The minimum Gasteiger partial charge on any atom is -0.478 e. The number of anilines is 1. The number of nitrogens with zero attached hydrogens (tertiary/aromatic N) is 3. The van der Waals surface area contributed by atoms with Gasteiger partial charge < -0.3 is 10.4 Å². The van der Waals surface area contributed by atoms with Gasteiger partial charge in [0, 0.05) is 5.69 Å². The quantitative estimate of drug-likeness (QED) is 0.724. The number of aromatic carboxylic acids is 1. The summed E-state index contributed by atoms with van der Waals surface area (Å²) in [6, 6.07) is 4.44. The number of carbonyl (C=O) groups excluding carboxylic acids is 1. The van der Waals surface area contributed by atoms with E-state index >= 15 is 0 Å². The minimum atomic E-state index is -1.06. The molecule has 3 N–H and O–H groups in total. The van der Waals surface area contributed by atoms with Crippen LogP contribution in [0.4, 0.5) is 5.69 Å². The van der Waals surface area contributed by atoms with E-state index in [1.54, 1.807) is 13.0 Å². The third-order valence-electron chi connectivity index (χ3n) is 2.28. The van der Waals surface area contributed by atoms with Crippen molar-refractivity contribution in [3.05, 3.63) is 35.2 Å². The number of nitrogens with one attached hydrogen (secondary N) is 2. The van der Waals surface area contributed by atoms with Crippen LogP contribution in [0.1, 0.15) is 26.5 Å². The predicted octanol–water partition coefficient (Wildman–Crippen LogP) is 0.459. The standard InChI is InChI=1S/C10H9N5O3/c1-5-2-3-6(10(17)18)4-7(5)11-9(16)8-12-14-15-13-8/h2-4H,1H3,(H,11,16)(H,17,18)(H,12,13,14,15). The Labute approximate surface area is 101 Å². The summed E-state index contributed by atoms with van der Waals surface area (Å²) < 4.78 is 0. The van der Waals surface area contributed by atoms with Crippen molar-refractivity contribution in [2.24, 2.45) is 0 Å². The molecule has 0 aliphatic heterocycles. The molecule has 0 saturated carbocycles. The molecule has 0 spiro atoms. The smallest absolute Gasteiger partial charge is 0.335 e. The number of H-pyrrole nitrogens is 1. The van der Waals surface area contributed by atoms with E-state index in [2.05, 4.69) is 25.9 Å². The molecule has 1 aromatic heterocycles. The van der Waals surface area contributed by atoms with Crippen molar-refractivity contribution in [1.29, 1.82) is 0 Å². The molecular weight excluding hydrogens is 238 g/mol. The van der Waals surface area contributed by atoms with Gasteiger partial charge in [-0.2, -0.15) is 5.21 Å². The largest absolute Gasteiger partial charge is 0.478 e. The van der Waals surface area contributed by atoms with Gasteiger partial charge in [-0.1, -0.05) is 6.07 Å².